The van der Waals surface area contributed by atoms with Crippen LogP contribution in [0.15, 0.2) is 78.1 Å². The minimum Gasteiger partial charge on any atom is -0.424 e. The number of nitrogens with zero attached hydrogens (tertiary/aromatic N) is 12. The van der Waals surface area contributed by atoms with Gasteiger partial charge in [-0.25, -0.2) is 29.3 Å². The molecule has 4 aliphatic rings. The summed E-state index contributed by atoms with van der Waals surface area (Å²) >= 11 is 27.1. The lowest BCUT2D eigenvalue weighted by atomic mass is 9.82. The van der Waals surface area contributed by atoms with Crippen molar-refractivity contribution in [2.24, 2.45) is 35.3 Å². The maximum absolute atomic E-state index is 6.17. The topological polar surface area (TPSA) is 164 Å². The predicted octanol–water partition coefficient (Wildman–Crippen LogP) is 9.70. The van der Waals surface area contributed by atoms with E-state index >= 15 is 0 Å². The molecule has 2 aliphatic carbocycles. The lowest BCUT2D eigenvalue weighted by Crippen LogP contribution is -2.49. The largest absolute Gasteiger partial charge is 0.424 e. The van der Waals surface area contributed by atoms with Gasteiger partial charge in [0, 0.05) is 73.9 Å². The van der Waals surface area contributed by atoms with Gasteiger partial charge in [-0.15, -0.1) is 5.10 Å². The van der Waals surface area contributed by atoms with Crippen LogP contribution in [0.4, 0.5) is 11.6 Å². The first-order valence-corrected chi connectivity index (χ1v) is 23.4. The molecule has 10 rings (SSSR count). The molecule has 4 atom stereocenters. The maximum atomic E-state index is 6.17. The third-order valence-corrected chi connectivity index (χ3v) is 13.4. The van der Waals surface area contributed by atoms with Crippen molar-refractivity contribution in [3.05, 3.63) is 104 Å². The number of fused-ring (bicyclic) bond motifs is 4. The molecule has 6 aromatic rings. The van der Waals surface area contributed by atoms with Crippen molar-refractivity contribution < 1.29 is 9.47 Å². The van der Waals surface area contributed by atoms with Gasteiger partial charge in [0.05, 0.1) is 0 Å². The van der Waals surface area contributed by atoms with Crippen LogP contribution in [0.3, 0.4) is 0 Å². The third kappa shape index (κ3) is 11.3. The van der Waals surface area contributed by atoms with Crippen LogP contribution in [-0.4, -0.2) is 81.7 Å². The van der Waals surface area contributed by atoms with Gasteiger partial charge in [0.1, 0.15) is 46.1 Å². The highest BCUT2D eigenvalue weighted by atomic mass is 79.9. The highest BCUT2D eigenvalue weighted by molar-refractivity contribution is 9.10. The monoisotopic (exact) mass is 997 g/mol. The van der Waals surface area contributed by atoms with Gasteiger partial charge >= 0.3 is 12.0 Å². The van der Waals surface area contributed by atoms with Crippen LogP contribution in [0, 0.1) is 29.6 Å². The molecule has 4 bridgehead atoms. The van der Waals surface area contributed by atoms with Crippen molar-refractivity contribution in [3.8, 4) is 23.5 Å². The minimum absolute atomic E-state index is 0.383. The summed E-state index contributed by atoms with van der Waals surface area (Å²) < 4.78 is 15.5. The van der Waals surface area contributed by atoms with E-state index in [4.69, 9.17) is 71.7 Å². The lowest BCUT2D eigenvalue weighted by molar-refractivity contribution is 0.264. The van der Waals surface area contributed by atoms with Crippen LogP contribution in [0.2, 0.25) is 20.4 Å². The Bertz CT molecular complexity index is 2450. The van der Waals surface area contributed by atoms with E-state index in [2.05, 4.69) is 55.7 Å². The second kappa shape index (κ2) is 20.7. The molecular formula is C43H48BrCl4N13O2. The van der Waals surface area contributed by atoms with Gasteiger partial charge < -0.3 is 25.0 Å². The second-order valence-corrected chi connectivity index (χ2v) is 18.4. The number of ether oxygens (including phenoxy) is 2. The molecular weight excluding hydrogens is 952 g/mol. The molecule has 2 aliphatic heterocycles. The Morgan fingerprint density at radius 1 is 0.635 bits per heavy atom. The second-order valence-electron chi connectivity index (χ2n) is 16.1. The van der Waals surface area contributed by atoms with Crippen molar-refractivity contribution in [1.82, 2.24) is 49.5 Å². The number of benzene rings is 2. The first-order chi connectivity index (χ1) is 30.5. The van der Waals surface area contributed by atoms with Crippen molar-refractivity contribution >= 4 is 74.0 Å². The van der Waals surface area contributed by atoms with Gasteiger partial charge in [-0.3, -0.25) is 0 Å². The molecule has 6 heterocycles. The van der Waals surface area contributed by atoms with Crippen molar-refractivity contribution in [2.75, 3.05) is 36.0 Å². The van der Waals surface area contributed by atoms with Crippen molar-refractivity contribution in [3.63, 3.8) is 0 Å². The molecule has 4 unspecified atom stereocenters. The standard InChI is InChI=1S/C22H24Cl2N6O.C11H15ClN4.C10H9BrClN3O/c1-2-30-22(31-17-5-3-4-16(23)8-17)27-20(28-30)9-18-14-6-7-15(18)12-29(11-14)21-10-19(24)25-13-26-21;12-9-3-10(15-6-14-9)16-4-7-1-2-8(5-16)11(7)13;1-2-15-10(13-9(11)14-15)16-8-5-3-4-7(12)6-8/h3-5,8,10,13-15,18H,2,6-7,9,11-12H2,1H3;3,6-8,11H,1-2,4-5,13H2;3-6H,2H2,1H3. The van der Waals surface area contributed by atoms with E-state index < -0.39 is 0 Å². The SMILES string of the molecule is CCn1nc(Br)nc1Oc1cccc(Cl)c1.CCn1nc(CC2C3CCC2CN(c2cc(Cl)ncn2)C3)nc1Oc1cccc(Cl)c1.NC1C2CCC1CN(c1cc(Cl)ncn1)C2. The number of halogens is 5. The summed E-state index contributed by atoms with van der Waals surface area (Å²) in [7, 11) is 0. The molecule has 4 fully saturated rings. The average molecular weight is 1000 g/mol. The van der Waals surface area contributed by atoms with Crippen LogP contribution >= 0.6 is 62.3 Å². The molecule has 63 heavy (non-hydrogen) atoms. The van der Waals surface area contributed by atoms with E-state index in [1.54, 1.807) is 22.9 Å². The van der Waals surface area contributed by atoms with E-state index in [0.717, 1.165) is 50.1 Å². The first kappa shape index (κ1) is 45.3. The molecule has 0 radical (unpaired) electrons. The number of hydrogen-bond donors (Lipinski definition) is 1. The number of anilines is 2. The summed E-state index contributed by atoms with van der Waals surface area (Å²) in [6, 6.07) is 19.5. The van der Waals surface area contributed by atoms with Gasteiger partial charge in [-0.2, -0.15) is 15.1 Å². The molecule has 4 aromatic heterocycles. The third-order valence-electron chi connectivity index (χ3n) is 12.1. The Hall–Kier alpha value is -4.32. The highest BCUT2D eigenvalue weighted by Crippen LogP contribution is 2.44. The van der Waals surface area contributed by atoms with E-state index in [-0.39, 0.29) is 0 Å². The van der Waals surface area contributed by atoms with E-state index in [1.165, 1.54) is 38.3 Å². The molecule has 20 heteroatoms. The number of aromatic nitrogens is 10. The van der Waals surface area contributed by atoms with Gasteiger partial charge in [0.15, 0.2) is 5.82 Å². The maximum Gasteiger partial charge on any atom is 0.321 e. The fourth-order valence-electron chi connectivity index (χ4n) is 9.11. The predicted molar refractivity (Wildman–Crippen MR) is 248 cm³/mol. The summed E-state index contributed by atoms with van der Waals surface area (Å²) in [5, 5.41) is 11.1. The number of piperidine rings is 2. The van der Waals surface area contributed by atoms with Crippen LogP contribution in [-0.2, 0) is 19.5 Å². The van der Waals surface area contributed by atoms with Gasteiger partial charge in [0.2, 0.25) is 4.73 Å². The van der Waals surface area contributed by atoms with E-state index in [0.29, 0.717) is 97.3 Å². The Balaban J connectivity index is 0.000000143. The normalized spacial score (nSPS) is 22.2. The van der Waals surface area contributed by atoms with Gasteiger partial charge in [-0.1, -0.05) is 58.5 Å². The molecule has 0 amide bonds. The zero-order valence-electron chi connectivity index (χ0n) is 34.8. The fourth-order valence-corrected chi connectivity index (χ4v) is 10.1. The quantitative estimate of drug-likeness (QED) is 0.129. The van der Waals surface area contributed by atoms with E-state index in [1.807, 2.05) is 61.0 Å². The lowest BCUT2D eigenvalue weighted by Gasteiger charge is -2.38. The van der Waals surface area contributed by atoms with Crippen LogP contribution < -0.4 is 25.0 Å². The van der Waals surface area contributed by atoms with Crippen LogP contribution in [0.25, 0.3) is 0 Å². The molecule has 2 saturated carbocycles. The summed E-state index contributed by atoms with van der Waals surface area (Å²) in [4.78, 5) is 30.1. The zero-order chi connectivity index (χ0) is 44.0. The average Bonchev–Trinajstić information content (AvgIpc) is 3.94. The van der Waals surface area contributed by atoms with Gasteiger partial charge in [-0.05, 0) is 121 Å². The van der Waals surface area contributed by atoms with Crippen molar-refractivity contribution in [1.29, 1.82) is 0 Å². The number of aryl methyl sites for hydroxylation is 2. The minimum atomic E-state index is 0.383. The number of rotatable bonds is 10. The number of hydrogen-bond acceptors (Lipinski definition) is 13. The number of nitrogens with two attached hydrogens (primary N) is 1. The summed E-state index contributed by atoms with van der Waals surface area (Å²) in [5.41, 5.74) is 6.17. The molecule has 0 spiro atoms. The zero-order valence-corrected chi connectivity index (χ0v) is 39.4. The summed E-state index contributed by atoms with van der Waals surface area (Å²) in [6.07, 6.45) is 8.88. The summed E-state index contributed by atoms with van der Waals surface area (Å²) in [6.45, 7) is 9.36. The molecule has 15 nitrogen and oxygen atoms in total. The smallest absolute Gasteiger partial charge is 0.321 e. The summed E-state index contributed by atoms with van der Waals surface area (Å²) in [5.74, 6) is 7.00. The highest BCUT2D eigenvalue weighted by Gasteiger charge is 2.43. The Morgan fingerprint density at radius 2 is 1.11 bits per heavy atom. The van der Waals surface area contributed by atoms with E-state index in [9.17, 15) is 0 Å². The Labute approximate surface area is 394 Å². The Kier molecular flexibility index (Phi) is 14.8. The molecule has 2 saturated heterocycles. The molecule has 2 N–H and O–H groups in total. The van der Waals surface area contributed by atoms with Crippen LogP contribution in [0.5, 0.6) is 23.5 Å². The molecule has 332 valence electrons. The Morgan fingerprint density at radius 3 is 1.60 bits per heavy atom. The van der Waals surface area contributed by atoms with Gasteiger partial charge in [0.25, 0.3) is 0 Å². The molecule has 2 aromatic carbocycles. The first-order valence-electron chi connectivity index (χ1n) is 21.1. The van der Waals surface area contributed by atoms with Crippen molar-refractivity contribution in [2.45, 2.75) is 65.1 Å². The fraction of sp³-hybridized carbons (Fsp3) is 0.442. The van der Waals surface area contributed by atoms with Crippen LogP contribution in [0.1, 0.15) is 45.4 Å².